The summed E-state index contributed by atoms with van der Waals surface area (Å²) in [6.07, 6.45) is 0. The van der Waals surface area contributed by atoms with Gasteiger partial charge in [-0.25, -0.2) is 0 Å². The standard InChI is InChI=1S/C17H20ClNO2/c1-11(13-5-4-6-15(18)9-13)19-12(2)14-7-8-16(20)17(10-14)21-3/h4-12,19-20H,1-3H3. The van der Waals surface area contributed by atoms with Crippen LogP contribution in [-0.2, 0) is 0 Å². The van der Waals surface area contributed by atoms with Crippen LogP contribution in [0.15, 0.2) is 42.5 Å². The van der Waals surface area contributed by atoms with Crippen molar-refractivity contribution in [2.24, 2.45) is 0 Å². The fraction of sp³-hybridized carbons (Fsp3) is 0.294. The molecular weight excluding hydrogens is 286 g/mol. The Morgan fingerprint density at radius 1 is 1.05 bits per heavy atom. The van der Waals surface area contributed by atoms with Crippen LogP contribution in [0.3, 0.4) is 0 Å². The predicted octanol–water partition coefficient (Wildman–Crippen LogP) is 4.47. The van der Waals surface area contributed by atoms with E-state index in [-0.39, 0.29) is 17.8 Å². The number of aromatic hydroxyl groups is 1. The number of phenolic OH excluding ortho intramolecular Hbond substituents is 1. The van der Waals surface area contributed by atoms with Crippen LogP contribution in [0.2, 0.25) is 5.02 Å². The summed E-state index contributed by atoms with van der Waals surface area (Å²) in [5.74, 6) is 0.632. The zero-order valence-electron chi connectivity index (χ0n) is 12.4. The lowest BCUT2D eigenvalue weighted by Gasteiger charge is -2.21. The fourth-order valence-corrected chi connectivity index (χ4v) is 2.51. The van der Waals surface area contributed by atoms with Gasteiger partial charge < -0.3 is 15.2 Å². The maximum Gasteiger partial charge on any atom is 0.160 e. The van der Waals surface area contributed by atoms with E-state index in [1.807, 2.05) is 36.4 Å². The van der Waals surface area contributed by atoms with E-state index < -0.39 is 0 Å². The number of benzene rings is 2. The van der Waals surface area contributed by atoms with E-state index in [1.54, 1.807) is 13.2 Å². The van der Waals surface area contributed by atoms with Crippen molar-refractivity contribution >= 4 is 11.6 Å². The molecular formula is C17H20ClNO2. The SMILES string of the molecule is COc1cc(C(C)NC(C)c2cccc(Cl)c2)ccc1O. The molecule has 0 amide bonds. The van der Waals surface area contributed by atoms with Crippen molar-refractivity contribution in [3.05, 3.63) is 58.6 Å². The molecule has 21 heavy (non-hydrogen) atoms. The summed E-state index contributed by atoms with van der Waals surface area (Å²) in [5.41, 5.74) is 2.19. The first-order valence-corrected chi connectivity index (χ1v) is 7.27. The minimum absolute atomic E-state index is 0.119. The average molecular weight is 306 g/mol. The molecule has 0 radical (unpaired) electrons. The number of ether oxygens (including phenoxy) is 1. The molecule has 0 saturated carbocycles. The Kier molecular flexibility index (Phi) is 5.10. The summed E-state index contributed by atoms with van der Waals surface area (Å²) >= 11 is 6.03. The molecule has 2 atom stereocenters. The molecule has 0 aliphatic rings. The molecule has 0 aliphatic heterocycles. The van der Waals surface area contributed by atoms with Crippen molar-refractivity contribution in [1.82, 2.24) is 5.32 Å². The van der Waals surface area contributed by atoms with E-state index in [2.05, 4.69) is 19.2 Å². The summed E-state index contributed by atoms with van der Waals surface area (Å²) in [7, 11) is 1.55. The van der Waals surface area contributed by atoms with Crippen LogP contribution in [0.1, 0.15) is 37.1 Å². The predicted molar refractivity (Wildman–Crippen MR) is 86.1 cm³/mol. The minimum Gasteiger partial charge on any atom is -0.504 e. The third-order valence-corrected chi connectivity index (χ3v) is 3.79. The van der Waals surface area contributed by atoms with Crippen LogP contribution < -0.4 is 10.1 Å². The Balaban J connectivity index is 2.12. The normalized spacial score (nSPS) is 13.7. The van der Waals surface area contributed by atoms with E-state index >= 15 is 0 Å². The lowest BCUT2D eigenvalue weighted by atomic mass is 10.0. The summed E-state index contributed by atoms with van der Waals surface area (Å²) in [6, 6.07) is 13.5. The van der Waals surface area contributed by atoms with E-state index in [0.717, 1.165) is 16.1 Å². The zero-order valence-corrected chi connectivity index (χ0v) is 13.2. The largest absolute Gasteiger partial charge is 0.504 e. The molecule has 3 nitrogen and oxygen atoms in total. The van der Waals surface area contributed by atoms with Crippen LogP contribution in [0.4, 0.5) is 0 Å². The number of hydrogen-bond acceptors (Lipinski definition) is 3. The van der Waals surface area contributed by atoms with Crippen LogP contribution in [0, 0.1) is 0 Å². The van der Waals surface area contributed by atoms with Crippen molar-refractivity contribution in [1.29, 1.82) is 0 Å². The van der Waals surface area contributed by atoms with Crippen LogP contribution in [0.5, 0.6) is 11.5 Å². The summed E-state index contributed by atoms with van der Waals surface area (Å²) in [6.45, 7) is 4.17. The van der Waals surface area contributed by atoms with Crippen molar-refractivity contribution in [3.63, 3.8) is 0 Å². The number of nitrogens with one attached hydrogen (secondary N) is 1. The molecule has 0 bridgehead atoms. The van der Waals surface area contributed by atoms with Crippen molar-refractivity contribution in [2.45, 2.75) is 25.9 Å². The van der Waals surface area contributed by atoms with Crippen molar-refractivity contribution < 1.29 is 9.84 Å². The molecule has 4 heteroatoms. The Labute approximate surface area is 130 Å². The van der Waals surface area contributed by atoms with Crippen LogP contribution in [-0.4, -0.2) is 12.2 Å². The Hall–Kier alpha value is -1.71. The van der Waals surface area contributed by atoms with Gasteiger partial charge in [-0.3, -0.25) is 0 Å². The van der Waals surface area contributed by atoms with Gasteiger partial charge in [0.05, 0.1) is 7.11 Å². The molecule has 0 spiro atoms. The monoisotopic (exact) mass is 305 g/mol. The van der Waals surface area contributed by atoms with Crippen LogP contribution >= 0.6 is 11.6 Å². The van der Waals surface area contributed by atoms with Gasteiger partial charge in [0.2, 0.25) is 0 Å². The van der Waals surface area contributed by atoms with Crippen molar-refractivity contribution in [3.8, 4) is 11.5 Å². The highest BCUT2D eigenvalue weighted by atomic mass is 35.5. The lowest BCUT2D eigenvalue weighted by molar-refractivity contribution is 0.371. The highest BCUT2D eigenvalue weighted by molar-refractivity contribution is 6.30. The zero-order chi connectivity index (χ0) is 15.4. The summed E-state index contributed by atoms with van der Waals surface area (Å²) in [5, 5.41) is 13.9. The fourth-order valence-electron chi connectivity index (χ4n) is 2.31. The summed E-state index contributed by atoms with van der Waals surface area (Å²) in [4.78, 5) is 0. The van der Waals surface area contributed by atoms with Gasteiger partial charge in [-0.15, -0.1) is 0 Å². The van der Waals surface area contributed by atoms with Gasteiger partial charge in [-0.2, -0.15) is 0 Å². The molecule has 0 heterocycles. The Morgan fingerprint density at radius 2 is 1.71 bits per heavy atom. The maximum atomic E-state index is 9.65. The number of halogens is 1. The van der Waals surface area contributed by atoms with Gasteiger partial charge in [0, 0.05) is 17.1 Å². The summed E-state index contributed by atoms with van der Waals surface area (Å²) < 4.78 is 5.15. The van der Waals surface area contributed by atoms with Gasteiger partial charge in [-0.05, 0) is 49.2 Å². The minimum atomic E-state index is 0.119. The molecule has 0 aromatic heterocycles. The molecule has 112 valence electrons. The smallest absolute Gasteiger partial charge is 0.160 e. The van der Waals surface area contributed by atoms with Crippen molar-refractivity contribution in [2.75, 3.05) is 7.11 Å². The number of hydrogen-bond donors (Lipinski definition) is 2. The second-order valence-electron chi connectivity index (χ2n) is 5.10. The highest BCUT2D eigenvalue weighted by Gasteiger charge is 2.13. The van der Waals surface area contributed by atoms with E-state index in [0.29, 0.717) is 5.75 Å². The molecule has 2 N–H and O–H groups in total. The molecule has 0 aliphatic carbocycles. The number of methoxy groups -OCH3 is 1. The van der Waals surface area contributed by atoms with E-state index in [1.165, 1.54) is 0 Å². The third kappa shape index (κ3) is 3.90. The van der Waals surface area contributed by atoms with Gasteiger partial charge in [-0.1, -0.05) is 29.8 Å². The molecule has 2 unspecified atom stereocenters. The lowest BCUT2D eigenvalue weighted by Crippen LogP contribution is -2.22. The van der Waals surface area contributed by atoms with Gasteiger partial charge >= 0.3 is 0 Å². The van der Waals surface area contributed by atoms with E-state index in [9.17, 15) is 5.11 Å². The molecule has 2 aromatic rings. The Bertz CT molecular complexity index is 615. The van der Waals surface area contributed by atoms with E-state index in [4.69, 9.17) is 16.3 Å². The van der Waals surface area contributed by atoms with Gasteiger partial charge in [0.15, 0.2) is 11.5 Å². The highest BCUT2D eigenvalue weighted by Crippen LogP contribution is 2.30. The maximum absolute atomic E-state index is 9.65. The molecule has 0 saturated heterocycles. The first-order valence-electron chi connectivity index (χ1n) is 6.89. The first kappa shape index (κ1) is 15.7. The molecule has 2 aromatic carbocycles. The quantitative estimate of drug-likeness (QED) is 0.856. The number of phenols is 1. The Morgan fingerprint density at radius 3 is 2.33 bits per heavy atom. The topological polar surface area (TPSA) is 41.5 Å². The third-order valence-electron chi connectivity index (χ3n) is 3.55. The average Bonchev–Trinajstić information content (AvgIpc) is 2.47. The van der Waals surface area contributed by atoms with Gasteiger partial charge in [0.25, 0.3) is 0 Å². The first-order chi connectivity index (χ1) is 10.0. The van der Waals surface area contributed by atoms with Gasteiger partial charge in [0.1, 0.15) is 0 Å². The van der Waals surface area contributed by atoms with Crippen LogP contribution in [0.25, 0.3) is 0 Å². The second kappa shape index (κ2) is 6.83. The number of rotatable bonds is 5. The molecule has 0 fully saturated rings. The second-order valence-corrected chi connectivity index (χ2v) is 5.53. The molecule has 2 rings (SSSR count).